The molecule has 0 radical (unpaired) electrons. The number of fused-ring (bicyclic) bond motifs is 1. The van der Waals surface area contributed by atoms with Gasteiger partial charge in [0.15, 0.2) is 17.3 Å². The Kier molecular flexibility index (Phi) is 5.54. The summed E-state index contributed by atoms with van der Waals surface area (Å²) in [7, 11) is 0. The van der Waals surface area contributed by atoms with Crippen LogP contribution in [0.15, 0.2) is 43.0 Å². The number of imidazole rings is 1. The Hall–Kier alpha value is -3.37. The van der Waals surface area contributed by atoms with E-state index >= 15 is 0 Å². The minimum atomic E-state index is -0.587. The second kappa shape index (κ2) is 8.64. The zero-order valence-corrected chi connectivity index (χ0v) is 17.8. The average Bonchev–Trinajstić information content (AvgIpc) is 3.21. The van der Waals surface area contributed by atoms with Gasteiger partial charge in [0.2, 0.25) is 5.95 Å². The van der Waals surface area contributed by atoms with Crippen LogP contribution in [0.25, 0.3) is 16.9 Å². The number of pyridine rings is 1. The maximum Gasteiger partial charge on any atom is 0.228 e. The highest BCUT2D eigenvalue weighted by Gasteiger charge is 2.19. The summed E-state index contributed by atoms with van der Waals surface area (Å²) in [4.78, 5) is 16.9. The van der Waals surface area contributed by atoms with Crippen molar-refractivity contribution in [3.8, 4) is 11.3 Å². The molecule has 4 aromatic heterocycles. The van der Waals surface area contributed by atoms with E-state index in [0.29, 0.717) is 17.7 Å². The largest absolute Gasteiger partial charge is 0.366 e. The number of hydrogen-bond acceptors (Lipinski definition) is 8. The average molecular weight is 454 g/mol. The molecule has 5 rings (SSSR count). The molecule has 0 atom stereocenters. The van der Waals surface area contributed by atoms with Crippen LogP contribution in [0.3, 0.4) is 0 Å². The van der Waals surface area contributed by atoms with Crippen LogP contribution in [0, 0.1) is 5.82 Å². The predicted molar refractivity (Wildman–Crippen MR) is 120 cm³/mol. The molecule has 0 saturated heterocycles. The molecular formula is C21H21ClFN9. The molecule has 164 valence electrons. The SMILES string of the molecule is N[C@H]1CC[C@H](Nc2ccc3ncc(-c4cnc(Nc5ncc(Cl)cc5F)nc4)n3n2)CC1. The van der Waals surface area contributed by atoms with E-state index in [1.54, 1.807) is 23.1 Å². The first-order valence-corrected chi connectivity index (χ1v) is 10.7. The van der Waals surface area contributed by atoms with Crippen LogP contribution in [-0.4, -0.2) is 41.6 Å². The molecule has 0 spiro atoms. The van der Waals surface area contributed by atoms with Gasteiger partial charge in [0.25, 0.3) is 0 Å². The summed E-state index contributed by atoms with van der Waals surface area (Å²) in [6, 6.07) is 5.68. The topological polar surface area (TPSA) is 119 Å². The van der Waals surface area contributed by atoms with Gasteiger partial charge in [0.1, 0.15) is 5.82 Å². The van der Waals surface area contributed by atoms with Crippen LogP contribution < -0.4 is 16.4 Å². The zero-order valence-electron chi connectivity index (χ0n) is 17.0. The van der Waals surface area contributed by atoms with E-state index in [1.807, 2.05) is 12.1 Å². The van der Waals surface area contributed by atoms with E-state index in [1.165, 1.54) is 12.3 Å². The Balaban J connectivity index is 1.35. The standard InChI is InChI=1S/C21H21ClFN9/c22-13-7-16(23)20(26-10-13)30-21-27-8-12(9-28-21)17-11-25-19-6-5-18(31-32(17)19)29-15-3-1-14(24)2-4-15/h5-11,14-15H,1-4,24H2,(H,29,31)(H,26,27,28,30)/t14-,15-. The van der Waals surface area contributed by atoms with Crippen LogP contribution >= 0.6 is 11.6 Å². The van der Waals surface area contributed by atoms with Crippen LogP contribution in [0.4, 0.5) is 22.0 Å². The van der Waals surface area contributed by atoms with Gasteiger partial charge < -0.3 is 16.4 Å². The zero-order chi connectivity index (χ0) is 22.1. The summed E-state index contributed by atoms with van der Waals surface area (Å²) >= 11 is 5.73. The molecule has 1 aliphatic carbocycles. The second-order valence-electron chi connectivity index (χ2n) is 7.79. The van der Waals surface area contributed by atoms with Crippen molar-refractivity contribution in [3.63, 3.8) is 0 Å². The number of rotatable bonds is 5. The number of aromatic nitrogens is 6. The van der Waals surface area contributed by atoms with Gasteiger partial charge in [-0.05, 0) is 43.9 Å². The van der Waals surface area contributed by atoms with E-state index in [-0.39, 0.29) is 16.8 Å². The number of anilines is 3. The number of nitrogens with zero attached hydrogens (tertiary/aromatic N) is 6. The third-order valence-electron chi connectivity index (χ3n) is 5.47. The molecule has 4 aromatic rings. The minimum Gasteiger partial charge on any atom is -0.366 e. The maximum atomic E-state index is 13.9. The molecule has 9 nitrogen and oxygen atoms in total. The fourth-order valence-electron chi connectivity index (χ4n) is 3.76. The van der Waals surface area contributed by atoms with Crippen molar-refractivity contribution in [2.45, 2.75) is 37.8 Å². The molecule has 1 saturated carbocycles. The van der Waals surface area contributed by atoms with Crippen LogP contribution in [0.1, 0.15) is 25.7 Å². The number of nitrogens with two attached hydrogens (primary N) is 1. The molecule has 4 N–H and O–H groups in total. The Morgan fingerprint density at radius 1 is 1.00 bits per heavy atom. The summed E-state index contributed by atoms with van der Waals surface area (Å²) in [5.41, 5.74) is 8.19. The van der Waals surface area contributed by atoms with Crippen molar-refractivity contribution in [2.75, 3.05) is 10.6 Å². The molecule has 1 aliphatic rings. The highest BCUT2D eigenvalue weighted by atomic mass is 35.5. The van der Waals surface area contributed by atoms with E-state index in [2.05, 4.69) is 30.6 Å². The van der Waals surface area contributed by atoms with Crippen molar-refractivity contribution >= 4 is 34.8 Å². The molecule has 0 unspecified atom stereocenters. The maximum absolute atomic E-state index is 13.9. The summed E-state index contributed by atoms with van der Waals surface area (Å²) in [6.45, 7) is 0. The van der Waals surface area contributed by atoms with Gasteiger partial charge in [0, 0.05) is 36.2 Å². The van der Waals surface area contributed by atoms with E-state index < -0.39 is 5.82 Å². The van der Waals surface area contributed by atoms with E-state index in [0.717, 1.165) is 42.8 Å². The van der Waals surface area contributed by atoms with Gasteiger partial charge in [0.05, 0.1) is 16.9 Å². The van der Waals surface area contributed by atoms with Crippen LogP contribution in [0.2, 0.25) is 5.02 Å². The van der Waals surface area contributed by atoms with Crippen LogP contribution in [0.5, 0.6) is 0 Å². The molecule has 32 heavy (non-hydrogen) atoms. The molecule has 0 aliphatic heterocycles. The lowest BCUT2D eigenvalue weighted by Crippen LogP contribution is -2.33. The number of hydrogen-bond donors (Lipinski definition) is 3. The first kappa shape index (κ1) is 20.5. The van der Waals surface area contributed by atoms with Crippen molar-refractivity contribution in [1.29, 1.82) is 0 Å². The third-order valence-corrected chi connectivity index (χ3v) is 5.68. The van der Waals surface area contributed by atoms with Gasteiger partial charge in [-0.25, -0.2) is 28.8 Å². The monoisotopic (exact) mass is 453 g/mol. The summed E-state index contributed by atoms with van der Waals surface area (Å²) in [5.74, 6) is 0.400. The first-order valence-electron chi connectivity index (χ1n) is 10.3. The van der Waals surface area contributed by atoms with Gasteiger partial charge in [-0.2, -0.15) is 0 Å². The van der Waals surface area contributed by atoms with Gasteiger partial charge >= 0.3 is 0 Å². The molecule has 4 heterocycles. The lowest BCUT2D eigenvalue weighted by atomic mass is 9.92. The van der Waals surface area contributed by atoms with Crippen molar-refractivity contribution in [3.05, 3.63) is 53.8 Å². The van der Waals surface area contributed by atoms with Crippen molar-refractivity contribution < 1.29 is 4.39 Å². The van der Waals surface area contributed by atoms with E-state index in [9.17, 15) is 4.39 Å². The highest BCUT2D eigenvalue weighted by Crippen LogP contribution is 2.24. The Labute approximate surface area is 188 Å². The summed E-state index contributed by atoms with van der Waals surface area (Å²) < 4.78 is 15.7. The quantitative estimate of drug-likeness (QED) is 0.417. The third kappa shape index (κ3) is 4.32. The Morgan fingerprint density at radius 3 is 2.53 bits per heavy atom. The smallest absolute Gasteiger partial charge is 0.228 e. The first-order chi connectivity index (χ1) is 15.5. The molecule has 0 aromatic carbocycles. The molecule has 0 bridgehead atoms. The Morgan fingerprint density at radius 2 is 1.78 bits per heavy atom. The lowest BCUT2D eigenvalue weighted by molar-refractivity contribution is 0.410. The molecule has 0 amide bonds. The fraction of sp³-hybridized carbons (Fsp3) is 0.286. The minimum absolute atomic E-state index is 0.00185. The summed E-state index contributed by atoms with van der Waals surface area (Å²) in [6.07, 6.45) is 10.4. The molecule has 1 fully saturated rings. The number of halogens is 2. The normalized spacial score (nSPS) is 18.6. The molecular weight excluding hydrogens is 433 g/mol. The van der Waals surface area contributed by atoms with Gasteiger partial charge in [-0.3, -0.25) is 0 Å². The van der Waals surface area contributed by atoms with E-state index in [4.69, 9.17) is 22.4 Å². The van der Waals surface area contributed by atoms with Gasteiger partial charge in [-0.1, -0.05) is 11.6 Å². The second-order valence-corrected chi connectivity index (χ2v) is 8.23. The molecule has 11 heteroatoms. The number of nitrogens with one attached hydrogen (secondary N) is 2. The van der Waals surface area contributed by atoms with Gasteiger partial charge in [-0.15, -0.1) is 5.10 Å². The fourth-order valence-corrected chi connectivity index (χ4v) is 3.90. The predicted octanol–water partition coefficient (Wildman–Crippen LogP) is 3.80. The van der Waals surface area contributed by atoms with Crippen molar-refractivity contribution in [2.24, 2.45) is 5.73 Å². The van der Waals surface area contributed by atoms with Crippen molar-refractivity contribution in [1.82, 2.24) is 29.5 Å². The lowest BCUT2D eigenvalue weighted by Gasteiger charge is -2.27. The summed E-state index contributed by atoms with van der Waals surface area (Å²) in [5, 5.41) is 11.2. The Bertz CT molecular complexity index is 1240. The highest BCUT2D eigenvalue weighted by molar-refractivity contribution is 6.30. The van der Waals surface area contributed by atoms with Crippen LogP contribution in [-0.2, 0) is 0 Å².